The summed E-state index contributed by atoms with van der Waals surface area (Å²) in [5, 5.41) is 4.73. The highest BCUT2D eigenvalue weighted by molar-refractivity contribution is 6.03. The number of anilines is 1. The maximum Gasteiger partial charge on any atom is 0.342 e. The molecule has 3 rings (SSSR count). The minimum absolute atomic E-state index is 0.338. The summed E-state index contributed by atoms with van der Waals surface area (Å²) < 4.78 is 10.3. The van der Waals surface area contributed by atoms with Crippen LogP contribution < -0.4 is 5.32 Å². The van der Waals surface area contributed by atoms with Crippen LogP contribution in [0.5, 0.6) is 0 Å². The van der Waals surface area contributed by atoms with Gasteiger partial charge in [-0.25, -0.2) is 4.79 Å². The number of rotatable bonds is 4. The van der Waals surface area contributed by atoms with Crippen LogP contribution >= 0.6 is 0 Å². The highest BCUT2D eigenvalue weighted by atomic mass is 16.5. The molecule has 0 unspecified atom stereocenters. The van der Waals surface area contributed by atoms with Gasteiger partial charge in [-0.2, -0.15) is 0 Å². The van der Waals surface area contributed by atoms with Gasteiger partial charge in [0.2, 0.25) is 0 Å². The third-order valence-electron chi connectivity index (χ3n) is 3.66. The fraction of sp³-hybridized carbons (Fsp3) is 0.158. The summed E-state index contributed by atoms with van der Waals surface area (Å²) in [4.78, 5) is 24.1. The van der Waals surface area contributed by atoms with Crippen molar-refractivity contribution in [3.63, 3.8) is 0 Å². The number of hydrogen-bond acceptors (Lipinski definition) is 4. The summed E-state index contributed by atoms with van der Waals surface area (Å²) in [6, 6.07) is 15.0. The van der Waals surface area contributed by atoms with Crippen molar-refractivity contribution in [3.05, 3.63) is 65.6 Å². The van der Waals surface area contributed by atoms with E-state index in [0.717, 1.165) is 10.8 Å². The zero-order valence-electron chi connectivity index (χ0n) is 13.5. The van der Waals surface area contributed by atoms with Crippen LogP contribution in [0, 0.1) is 13.8 Å². The Morgan fingerprint density at radius 2 is 1.83 bits per heavy atom. The number of benzene rings is 2. The average molecular weight is 323 g/mol. The van der Waals surface area contributed by atoms with Gasteiger partial charge in [0.05, 0.1) is 0 Å². The second-order valence-corrected chi connectivity index (χ2v) is 5.48. The van der Waals surface area contributed by atoms with E-state index in [4.69, 9.17) is 9.15 Å². The van der Waals surface area contributed by atoms with Gasteiger partial charge in [-0.3, -0.25) is 4.79 Å². The Morgan fingerprint density at radius 3 is 2.58 bits per heavy atom. The van der Waals surface area contributed by atoms with Crippen LogP contribution in [0.3, 0.4) is 0 Å². The maximum absolute atomic E-state index is 12.1. The Balaban J connectivity index is 1.65. The Bertz CT molecular complexity index is 905. The zero-order valence-corrected chi connectivity index (χ0v) is 13.5. The van der Waals surface area contributed by atoms with E-state index >= 15 is 0 Å². The van der Waals surface area contributed by atoms with Crippen LogP contribution in [0.1, 0.15) is 21.9 Å². The molecule has 3 aromatic rings. The fourth-order valence-electron chi connectivity index (χ4n) is 2.56. The zero-order chi connectivity index (χ0) is 17.1. The van der Waals surface area contributed by atoms with E-state index < -0.39 is 11.9 Å². The molecule has 0 aliphatic carbocycles. The molecule has 0 spiro atoms. The molecule has 0 aliphatic rings. The number of fused-ring (bicyclic) bond motifs is 1. The van der Waals surface area contributed by atoms with Gasteiger partial charge in [0, 0.05) is 11.1 Å². The number of carbonyl (C=O) groups excluding carboxylic acids is 2. The van der Waals surface area contributed by atoms with Crippen LogP contribution in [0.15, 0.2) is 52.9 Å². The average Bonchev–Trinajstić information content (AvgIpc) is 2.91. The summed E-state index contributed by atoms with van der Waals surface area (Å²) >= 11 is 0. The number of aryl methyl sites for hydroxylation is 2. The predicted octanol–water partition coefficient (Wildman–Crippen LogP) is 3.85. The molecule has 0 saturated heterocycles. The quantitative estimate of drug-likeness (QED) is 0.741. The molecule has 1 aromatic heterocycles. The maximum atomic E-state index is 12.1. The van der Waals surface area contributed by atoms with Gasteiger partial charge in [-0.1, -0.05) is 36.4 Å². The van der Waals surface area contributed by atoms with Gasteiger partial charge in [0.1, 0.15) is 17.1 Å². The second-order valence-electron chi connectivity index (χ2n) is 5.48. The Hall–Kier alpha value is -3.08. The Kier molecular flexibility index (Phi) is 4.33. The summed E-state index contributed by atoms with van der Waals surface area (Å²) in [5.74, 6) is 0.140. The van der Waals surface area contributed by atoms with Crippen LogP contribution in [0.25, 0.3) is 10.8 Å². The van der Waals surface area contributed by atoms with Crippen LogP contribution in [0.4, 0.5) is 5.69 Å². The van der Waals surface area contributed by atoms with Crippen molar-refractivity contribution >= 4 is 28.3 Å². The number of esters is 1. The van der Waals surface area contributed by atoms with Crippen molar-refractivity contribution in [2.75, 3.05) is 11.9 Å². The lowest BCUT2D eigenvalue weighted by atomic mass is 10.1. The molecule has 122 valence electrons. The molecule has 0 fully saturated rings. The lowest BCUT2D eigenvalue weighted by molar-refractivity contribution is -0.119. The van der Waals surface area contributed by atoms with Gasteiger partial charge in [0.25, 0.3) is 5.91 Å². The highest BCUT2D eigenvalue weighted by Gasteiger charge is 2.16. The van der Waals surface area contributed by atoms with Crippen molar-refractivity contribution in [1.82, 2.24) is 0 Å². The fourth-order valence-corrected chi connectivity index (χ4v) is 2.56. The van der Waals surface area contributed by atoms with E-state index in [0.29, 0.717) is 22.8 Å². The van der Waals surface area contributed by atoms with Crippen LogP contribution in [0.2, 0.25) is 0 Å². The topological polar surface area (TPSA) is 68.5 Å². The molecule has 0 atom stereocenters. The first-order valence-corrected chi connectivity index (χ1v) is 7.56. The number of ether oxygens (including phenoxy) is 1. The number of hydrogen-bond donors (Lipinski definition) is 1. The molecular formula is C19H17NO4. The molecule has 0 aliphatic heterocycles. The summed E-state index contributed by atoms with van der Waals surface area (Å²) in [7, 11) is 0. The van der Waals surface area contributed by atoms with E-state index in [1.807, 2.05) is 42.5 Å². The van der Waals surface area contributed by atoms with Crippen molar-refractivity contribution in [3.8, 4) is 0 Å². The molecule has 1 heterocycles. The molecule has 1 amide bonds. The van der Waals surface area contributed by atoms with Gasteiger partial charge < -0.3 is 14.5 Å². The predicted molar refractivity (Wildman–Crippen MR) is 91.0 cm³/mol. The number of amides is 1. The van der Waals surface area contributed by atoms with E-state index in [1.54, 1.807) is 19.9 Å². The Labute approximate surface area is 139 Å². The third-order valence-corrected chi connectivity index (χ3v) is 3.66. The second kappa shape index (κ2) is 6.58. The van der Waals surface area contributed by atoms with E-state index in [2.05, 4.69) is 5.32 Å². The summed E-state index contributed by atoms with van der Waals surface area (Å²) in [6.45, 7) is 3.07. The number of furan rings is 1. The smallest absolute Gasteiger partial charge is 0.342 e. The van der Waals surface area contributed by atoms with Crippen molar-refractivity contribution in [2.45, 2.75) is 13.8 Å². The SMILES string of the molecule is Cc1cc(C(=O)OCC(=O)Nc2cccc3ccccc23)c(C)o1. The molecule has 2 aromatic carbocycles. The molecule has 0 bridgehead atoms. The monoisotopic (exact) mass is 323 g/mol. The van der Waals surface area contributed by atoms with Crippen molar-refractivity contribution < 1.29 is 18.7 Å². The highest BCUT2D eigenvalue weighted by Crippen LogP contribution is 2.22. The van der Waals surface area contributed by atoms with Crippen molar-refractivity contribution in [2.24, 2.45) is 0 Å². The van der Waals surface area contributed by atoms with Crippen LogP contribution in [-0.4, -0.2) is 18.5 Å². The van der Waals surface area contributed by atoms with Crippen molar-refractivity contribution in [1.29, 1.82) is 0 Å². The minimum Gasteiger partial charge on any atom is -0.466 e. The first-order valence-electron chi connectivity index (χ1n) is 7.56. The van der Waals surface area contributed by atoms with Gasteiger partial charge in [-0.15, -0.1) is 0 Å². The lowest BCUT2D eigenvalue weighted by Crippen LogP contribution is -2.21. The number of nitrogens with one attached hydrogen (secondary N) is 1. The number of carbonyl (C=O) groups is 2. The molecule has 0 saturated carbocycles. The Morgan fingerprint density at radius 1 is 1.08 bits per heavy atom. The molecule has 5 heteroatoms. The van der Waals surface area contributed by atoms with E-state index in [-0.39, 0.29) is 6.61 Å². The van der Waals surface area contributed by atoms with Gasteiger partial charge in [-0.05, 0) is 31.4 Å². The normalized spacial score (nSPS) is 10.6. The minimum atomic E-state index is -0.572. The van der Waals surface area contributed by atoms with Gasteiger partial charge in [0.15, 0.2) is 6.61 Å². The van der Waals surface area contributed by atoms with E-state index in [1.165, 1.54) is 0 Å². The first kappa shape index (κ1) is 15.8. The standard InChI is InChI=1S/C19H17NO4/c1-12-10-16(13(2)24-12)19(22)23-11-18(21)20-17-9-5-7-14-6-3-4-8-15(14)17/h3-10H,11H2,1-2H3,(H,20,21). The van der Waals surface area contributed by atoms with Crippen LogP contribution in [-0.2, 0) is 9.53 Å². The summed E-state index contributed by atoms with van der Waals surface area (Å²) in [6.07, 6.45) is 0. The molecule has 24 heavy (non-hydrogen) atoms. The largest absolute Gasteiger partial charge is 0.466 e. The van der Waals surface area contributed by atoms with Gasteiger partial charge >= 0.3 is 5.97 Å². The molecular weight excluding hydrogens is 306 g/mol. The molecule has 0 radical (unpaired) electrons. The summed E-state index contributed by atoms with van der Waals surface area (Å²) in [5.41, 5.74) is 1.02. The first-order chi connectivity index (χ1) is 11.5. The molecule has 1 N–H and O–H groups in total. The third kappa shape index (κ3) is 3.30. The molecule has 5 nitrogen and oxygen atoms in total. The lowest BCUT2D eigenvalue weighted by Gasteiger charge is -2.09. The van der Waals surface area contributed by atoms with E-state index in [9.17, 15) is 9.59 Å².